The zero-order valence-electron chi connectivity index (χ0n) is 10.7. The van der Waals surface area contributed by atoms with Crippen LogP contribution in [-0.2, 0) is 11.2 Å². The Morgan fingerprint density at radius 1 is 1.21 bits per heavy atom. The van der Waals surface area contributed by atoms with Crippen LogP contribution < -0.4 is 5.32 Å². The second-order valence-corrected chi connectivity index (χ2v) is 4.65. The van der Waals surface area contributed by atoms with E-state index in [1.807, 2.05) is 0 Å². The molecule has 6 heteroatoms. The highest BCUT2D eigenvalue weighted by atomic mass is 19.2. The van der Waals surface area contributed by atoms with Gasteiger partial charge in [-0.1, -0.05) is 13.8 Å². The molecule has 0 aliphatic rings. The second-order valence-electron chi connectivity index (χ2n) is 4.65. The molecule has 1 aromatic carbocycles. The largest absolute Gasteiger partial charge is 0.391 e. The Bertz CT molecular complexity index is 463. The van der Waals surface area contributed by atoms with E-state index in [9.17, 15) is 23.1 Å². The van der Waals surface area contributed by atoms with Crippen molar-refractivity contribution in [3.63, 3.8) is 0 Å². The number of rotatable bonds is 5. The molecule has 1 unspecified atom stereocenters. The molecule has 1 amide bonds. The molecular formula is C13H16F3NO2. The zero-order chi connectivity index (χ0) is 14.6. The van der Waals surface area contributed by atoms with Crippen LogP contribution in [0.2, 0.25) is 0 Å². The number of benzene rings is 1. The Labute approximate surface area is 109 Å². The van der Waals surface area contributed by atoms with Crippen molar-refractivity contribution in [1.82, 2.24) is 5.32 Å². The first kappa shape index (κ1) is 15.5. The van der Waals surface area contributed by atoms with Gasteiger partial charge in [0.2, 0.25) is 5.91 Å². The molecule has 0 spiro atoms. The van der Waals surface area contributed by atoms with E-state index in [1.54, 1.807) is 13.8 Å². The van der Waals surface area contributed by atoms with Crippen LogP contribution in [0.5, 0.6) is 0 Å². The van der Waals surface area contributed by atoms with Gasteiger partial charge in [-0.15, -0.1) is 0 Å². The van der Waals surface area contributed by atoms with Gasteiger partial charge in [-0.3, -0.25) is 4.79 Å². The summed E-state index contributed by atoms with van der Waals surface area (Å²) in [7, 11) is 0. The van der Waals surface area contributed by atoms with Crippen LogP contribution in [0.3, 0.4) is 0 Å². The molecule has 1 atom stereocenters. The molecule has 0 aliphatic carbocycles. The maximum atomic E-state index is 13.3. The molecule has 106 valence electrons. The highest BCUT2D eigenvalue weighted by molar-refractivity contribution is 5.78. The van der Waals surface area contributed by atoms with E-state index < -0.39 is 35.9 Å². The molecule has 0 saturated carbocycles. The van der Waals surface area contributed by atoms with Crippen molar-refractivity contribution in [2.24, 2.45) is 5.92 Å². The third-order valence-electron chi connectivity index (χ3n) is 2.72. The monoisotopic (exact) mass is 275 g/mol. The van der Waals surface area contributed by atoms with Crippen molar-refractivity contribution in [3.05, 3.63) is 35.1 Å². The SMILES string of the molecule is CC(C)C(O)CNC(=O)Cc1cc(F)c(F)cc1F. The maximum Gasteiger partial charge on any atom is 0.224 e. The fourth-order valence-corrected chi connectivity index (χ4v) is 1.39. The number of amides is 1. The van der Waals surface area contributed by atoms with Crippen molar-refractivity contribution in [2.75, 3.05) is 6.54 Å². The van der Waals surface area contributed by atoms with Gasteiger partial charge in [0.15, 0.2) is 11.6 Å². The highest BCUT2D eigenvalue weighted by Crippen LogP contribution is 2.14. The number of hydrogen-bond donors (Lipinski definition) is 2. The van der Waals surface area contributed by atoms with Gasteiger partial charge in [0.05, 0.1) is 12.5 Å². The molecule has 1 rings (SSSR count). The third-order valence-corrected chi connectivity index (χ3v) is 2.72. The normalized spacial score (nSPS) is 12.6. The van der Waals surface area contributed by atoms with Crippen LogP contribution in [0.4, 0.5) is 13.2 Å². The van der Waals surface area contributed by atoms with Crippen LogP contribution in [0.1, 0.15) is 19.4 Å². The van der Waals surface area contributed by atoms with Crippen LogP contribution >= 0.6 is 0 Å². The number of aliphatic hydroxyl groups excluding tert-OH is 1. The predicted molar refractivity (Wildman–Crippen MR) is 63.9 cm³/mol. The molecule has 0 aromatic heterocycles. The zero-order valence-corrected chi connectivity index (χ0v) is 10.7. The Kier molecular flexibility index (Phi) is 5.35. The minimum atomic E-state index is -1.29. The molecule has 0 heterocycles. The minimum Gasteiger partial charge on any atom is -0.391 e. The summed E-state index contributed by atoms with van der Waals surface area (Å²) in [4.78, 5) is 11.5. The lowest BCUT2D eigenvalue weighted by Crippen LogP contribution is -2.35. The van der Waals surface area contributed by atoms with Crippen molar-refractivity contribution in [1.29, 1.82) is 0 Å². The summed E-state index contributed by atoms with van der Waals surface area (Å²) in [5, 5.41) is 11.9. The van der Waals surface area contributed by atoms with Gasteiger partial charge >= 0.3 is 0 Å². The molecule has 0 aliphatic heterocycles. The summed E-state index contributed by atoms with van der Waals surface area (Å²) in [5.41, 5.74) is -0.226. The van der Waals surface area contributed by atoms with Gasteiger partial charge in [0.1, 0.15) is 5.82 Å². The van der Waals surface area contributed by atoms with E-state index in [4.69, 9.17) is 0 Å². The average Bonchev–Trinajstić information content (AvgIpc) is 2.32. The van der Waals surface area contributed by atoms with E-state index in [1.165, 1.54) is 0 Å². The summed E-state index contributed by atoms with van der Waals surface area (Å²) in [6.07, 6.45) is -1.12. The summed E-state index contributed by atoms with van der Waals surface area (Å²) in [5.74, 6) is -4.06. The van der Waals surface area contributed by atoms with Crippen LogP contribution in [-0.4, -0.2) is 23.7 Å². The van der Waals surface area contributed by atoms with E-state index in [2.05, 4.69) is 5.32 Å². The Morgan fingerprint density at radius 2 is 1.79 bits per heavy atom. The van der Waals surface area contributed by atoms with Gasteiger partial charge < -0.3 is 10.4 Å². The van der Waals surface area contributed by atoms with E-state index in [-0.39, 0.29) is 18.0 Å². The Balaban J connectivity index is 2.60. The van der Waals surface area contributed by atoms with Gasteiger partial charge in [-0.2, -0.15) is 0 Å². The standard InChI is InChI=1S/C13H16F3NO2/c1-7(2)12(18)6-17-13(19)4-8-3-10(15)11(16)5-9(8)14/h3,5,7,12,18H,4,6H2,1-2H3,(H,17,19). The highest BCUT2D eigenvalue weighted by Gasteiger charge is 2.15. The third kappa shape index (κ3) is 4.55. The topological polar surface area (TPSA) is 49.3 Å². The van der Waals surface area contributed by atoms with Gasteiger partial charge in [0.25, 0.3) is 0 Å². The summed E-state index contributed by atoms with van der Waals surface area (Å²) in [6, 6.07) is 1.06. The lowest BCUT2D eigenvalue weighted by Gasteiger charge is -2.15. The Morgan fingerprint density at radius 3 is 2.37 bits per heavy atom. The van der Waals surface area contributed by atoms with Crippen LogP contribution in [0, 0.1) is 23.4 Å². The van der Waals surface area contributed by atoms with Crippen molar-refractivity contribution in [3.8, 4) is 0 Å². The first-order valence-electron chi connectivity index (χ1n) is 5.89. The minimum absolute atomic E-state index is 0.0275. The smallest absolute Gasteiger partial charge is 0.224 e. The van der Waals surface area contributed by atoms with Crippen molar-refractivity contribution < 1.29 is 23.1 Å². The summed E-state index contributed by atoms with van der Waals surface area (Å²) < 4.78 is 38.9. The fourth-order valence-electron chi connectivity index (χ4n) is 1.39. The lowest BCUT2D eigenvalue weighted by molar-refractivity contribution is -0.121. The van der Waals surface area contributed by atoms with Gasteiger partial charge in [0, 0.05) is 18.2 Å². The van der Waals surface area contributed by atoms with E-state index in [0.717, 1.165) is 0 Å². The molecular weight excluding hydrogens is 259 g/mol. The first-order chi connectivity index (χ1) is 8.81. The van der Waals surface area contributed by atoms with E-state index in [0.29, 0.717) is 12.1 Å². The number of aliphatic hydroxyl groups is 1. The predicted octanol–water partition coefficient (Wildman–Crippen LogP) is 1.78. The van der Waals surface area contributed by atoms with Crippen LogP contribution in [0.25, 0.3) is 0 Å². The molecule has 1 aromatic rings. The maximum absolute atomic E-state index is 13.3. The molecule has 2 N–H and O–H groups in total. The Hall–Kier alpha value is -1.56. The number of halogens is 3. The van der Waals surface area contributed by atoms with Crippen molar-refractivity contribution >= 4 is 5.91 Å². The molecule has 0 saturated heterocycles. The number of carbonyl (C=O) groups is 1. The first-order valence-corrected chi connectivity index (χ1v) is 5.89. The molecule has 0 radical (unpaired) electrons. The quantitative estimate of drug-likeness (QED) is 0.805. The number of nitrogens with one attached hydrogen (secondary N) is 1. The van der Waals surface area contributed by atoms with Crippen LogP contribution in [0.15, 0.2) is 12.1 Å². The lowest BCUT2D eigenvalue weighted by atomic mass is 10.1. The molecule has 0 bridgehead atoms. The molecule has 3 nitrogen and oxygen atoms in total. The van der Waals surface area contributed by atoms with Gasteiger partial charge in [-0.25, -0.2) is 13.2 Å². The molecule has 19 heavy (non-hydrogen) atoms. The summed E-state index contributed by atoms with van der Waals surface area (Å²) >= 11 is 0. The van der Waals surface area contributed by atoms with E-state index >= 15 is 0 Å². The summed E-state index contributed by atoms with van der Waals surface area (Å²) in [6.45, 7) is 3.60. The fraction of sp³-hybridized carbons (Fsp3) is 0.462. The van der Waals surface area contributed by atoms with Crippen molar-refractivity contribution in [2.45, 2.75) is 26.4 Å². The number of carbonyl (C=O) groups excluding carboxylic acids is 1. The average molecular weight is 275 g/mol. The van der Waals surface area contributed by atoms with Gasteiger partial charge in [-0.05, 0) is 12.0 Å². The number of hydrogen-bond acceptors (Lipinski definition) is 2. The second kappa shape index (κ2) is 6.56. The molecule has 0 fully saturated rings.